The standard InChI is InChI=1S/C18H14ClFN4O/c19-14-3-1-2-4-15(14)24-18(25)16-9-17(23-11-22-16)21-10-12-5-7-13(20)8-6-12/h1-9,11H,10H2,(H,24,25)(H,21,22,23). The van der Waals surface area contributed by atoms with E-state index in [1.807, 2.05) is 0 Å². The predicted molar refractivity (Wildman–Crippen MR) is 95.2 cm³/mol. The summed E-state index contributed by atoms with van der Waals surface area (Å²) in [6.45, 7) is 0.447. The lowest BCUT2D eigenvalue weighted by molar-refractivity contribution is 0.102. The molecule has 0 radical (unpaired) electrons. The average Bonchev–Trinajstić information content (AvgIpc) is 2.63. The molecule has 0 atom stereocenters. The van der Waals surface area contributed by atoms with Crippen molar-refractivity contribution in [2.45, 2.75) is 6.54 Å². The maximum atomic E-state index is 12.9. The number of para-hydroxylation sites is 1. The Hall–Kier alpha value is -2.99. The van der Waals surface area contributed by atoms with E-state index in [1.54, 1.807) is 36.4 Å². The Balaban J connectivity index is 1.67. The Kier molecular flexibility index (Phi) is 5.20. The van der Waals surface area contributed by atoms with E-state index >= 15 is 0 Å². The number of hydrogen-bond donors (Lipinski definition) is 2. The van der Waals surface area contributed by atoms with Crippen LogP contribution in [0.5, 0.6) is 0 Å². The third kappa shape index (κ3) is 4.51. The number of aromatic nitrogens is 2. The zero-order valence-electron chi connectivity index (χ0n) is 13.0. The van der Waals surface area contributed by atoms with Gasteiger partial charge >= 0.3 is 0 Å². The fraction of sp³-hybridized carbons (Fsp3) is 0.0556. The summed E-state index contributed by atoms with van der Waals surface area (Å²) in [6.07, 6.45) is 1.30. The van der Waals surface area contributed by atoms with Gasteiger partial charge in [0.05, 0.1) is 10.7 Å². The van der Waals surface area contributed by atoms with Gasteiger partial charge in [-0.3, -0.25) is 4.79 Å². The molecular formula is C18H14ClFN4O. The van der Waals surface area contributed by atoms with Gasteiger partial charge in [-0.05, 0) is 29.8 Å². The Labute approximate surface area is 148 Å². The van der Waals surface area contributed by atoms with Crippen LogP contribution in [0.15, 0.2) is 60.9 Å². The SMILES string of the molecule is O=C(Nc1ccccc1Cl)c1cc(NCc2ccc(F)cc2)ncn1. The third-order valence-electron chi connectivity index (χ3n) is 3.41. The van der Waals surface area contributed by atoms with Crippen LogP contribution in [0.1, 0.15) is 16.1 Å². The number of carbonyl (C=O) groups is 1. The topological polar surface area (TPSA) is 66.9 Å². The van der Waals surface area contributed by atoms with Crippen molar-refractivity contribution < 1.29 is 9.18 Å². The van der Waals surface area contributed by atoms with Crippen LogP contribution in [0.2, 0.25) is 5.02 Å². The molecule has 2 N–H and O–H groups in total. The molecule has 3 rings (SSSR count). The molecule has 0 fully saturated rings. The van der Waals surface area contributed by atoms with Gasteiger partial charge in [0.25, 0.3) is 5.91 Å². The minimum atomic E-state index is -0.389. The van der Waals surface area contributed by atoms with Crippen molar-refractivity contribution >= 4 is 29.0 Å². The second-order valence-corrected chi connectivity index (χ2v) is 5.61. The molecule has 1 aromatic heterocycles. The molecule has 0 aliphatic carbocycles. The molecule has 2 aromatic carbocycles. The largest absolute Gasteiger partial charge is 0.366 e. The van der Waals surface area contributed by atoms with Gasteiger partial charge < -0.3 is 10.6 Å². The number of nitrogens with one attached hydrogen (secondary N) is 2. The lowest BCUT2D eigenvalue weighted by Crippen LogP contribution is -2.15. The van der Waals surface area contributed by atoms with Crippen molar-refractivity contribution in [2.75, 3.05) is 10.6 Å². The number of carbonyl (C=O) groups excluding carboxylic acids is 1. The highest BCUT2D eigenvalue weighted by molar-refractivity contribution is 6.33. The number of rotatable bonds is 5. The molecular weight excluding hydrogens is 343 g/mol. The Bertz CT molecular complexity index is 886. The van der Waals surface area contributed by atoms with Crippen LogP contribution < -0.4 is 10.6 Å². The summed E-state index contributed by atoms with van der Waals surface area (Å²) in [5.41, 5.74) is 1.60. The molecule has 1 amide bonds. The van der Waals surface area contributed by atoms with Gasteiger partial charge in [-0.25, -0.2) is 14.4 Å². The summed E-state index contributed by atoms with van der Waals surface area (Å²) in [5, 5.41) is 6.22. The molecule has 7 heteroatoms. The zero-order valence-corrected chi connectivity index (χ0v) is 13.8. The van der Waals surface area contributed by atoms with Crippen molar-refractivity contribution in [3.63, 3.8) is 0 Å². The lowest BCUT2D eigenvalue weighted by Gasteiger charge is -2.08. The molecule has 5 nitrogen and oxygen atoms in total. The number of amides is 1. The maximum absolute atomic E-state index is 12.9. The Morgan fingerprint density at radius 1 is 1.08 bits per heavy atom. The van der Waals surface area contributed by atoms with E-state index in [-0.39, 0.29) is 17.4 Å². The highest BCUT2D eigenvalue weighted by Crippen LogP contribution is 2.21. The third-order valence-corrected chi connectivity index (χ3v) is 3.74. The molecule has 0 spiro atoms. The van der Waals surface area contributed by atoms with Gasteiger partial charge in [0, 0.05) is 12.6 Å². The van der Waals surface area contributed by atoms with Crippen LogP contribution >= 0.6 is 11.6 Å². The molecule has 126 valence electrons. The number of hydrogen-bond acceptors (Lipinski definition) is 4. The molecule has 0 aliphatic heterocycles. The van der Waals surface area contributed by atoms with Gasteiger partial charge in [0.15, 0.2) is 0 Å². The molecule has 0 unspecified atom stereocenters. The quantitative estimate of drug-likeness (QED) is 0.721. The van der Waals surface area contributed by atoms with Gasteiger partial charge in [-0.1, -0.05) is 35.9 Å². The van der Waals surface area contributed by atoms with Crippen LogP contribution in [-0.4, -0.2) is 15.9 Å². The molecule has 0 aliphatic rings. The fourth-order valence-corrected chi connectivity index (χ4v) is 2.30. The van der Waals surface area contributed by atoms with Gasteiger partial charge in [-0.2, -0.15) is 0 Å². The number of anilines is 2. The second-order valence-electron chi connectivity index (χ2n) is 5.20. The fourth-order valence-electron chi connectivity index (χ4n) is 2.12. The van der Waals surface area contributed by atoms with E-state index in [2.05, 4.69) is 20.6 Å². The average molecular weight is 357 g/mol. The highest BCUT2D eigenvalue weighted by Gasteiger charge is 2.10. The zero-order chi connectivity index (χ0) is 17.6. The second kappa shape index (κ2) is 7.72. The van der Waals surface area contributed by atoms with Crippen molar-refractivity contribution in [2.24, 2.45) is 0 Å². The highest BCUT2D eigenvalue weighted by atomic mass is 35.5. The van der Waals surface area contributed by atoms with Crippen molar-refractivity contribution in [1.82, 2.24) is 9.97 Å². The summed E-state index contributed by atoms with van der Waals surface area (Å²) < 4.78 is 12.9. The first-order chi connectivity index (χ1) is 12.1. The van der Waals surface area contributed by atoms with Gasteiger partial charge in [0.1, 0.15) is 23.7 Å². The molecule has 0 bridgehead atoms. The number of benzene rings is 2. The van der Waals surface area contributed by atoms with Gasteiger partial charge in [0.2, 0.25) is 0 Å². The van der Waals surface area contributed by atoms with Gasteiger partial charge in [-0.15, -0.1) is 0 Å². The summed E-state index contributed by atoms with van der Waals surface area (Å²) in [5.74, 6) is -0.187. The minimum absolute atomic E-state index is 0.205. The minimum Gasteiger partial charge on any atom is -0.366 e. The van der Waals surface area contributed by atoms with Crippen molar-refractivity contribution in [3.05, 3.63) is 83.0 Å². The molecule has 0 saturated heterocycles. The van der Waals surface area contributed by atoms with E-state index < -0.39 is 0 Å². The first-order valence-corrected chi connectivity index (χ1v) is 7.86. The van der Waals surface area contributed by atoms with Crippen LogP contribution in [0.3, 0.4) is 0 Å². The smallest absolute Gasteiger partial charge is 0.274 e. The van der Waals surface area contributed by atoms with E-state index in [4.69, 9.17) is 11.6 Å². The predicted octanol–water partition coefficient (Wildman–Crippen LogP) is 4.13. The summed E-state index contributed by atoms with van der Waals surface area (Å²) in [6, 6.07) is 14.6. The van der Waals surface area contributed by atoms with Crippen molar-refractivity contribution in [1.29, 1.82) is 0 Å². The molecule has 1 heterocycles. The Morgan fingerprint density at radius 3 is 2.60 bits per heavy atom. The van der Waals surface area contributed by atoms with E-state index in [0.29, 0.717) is 23.1 Å². The molecule has 3 aromatic rings. The lowest BCUT2D eigenvalue weighted by atomic mass is 10.2. The van der Waals surface area contributed by atoms with Crippen LogP contribution in [0.4, 0.5) is 15.9 Å². The van der Waals surface area contributed by atoms with Crippen LogP contribution in [-0.2, 0) is 6.54 Å². The van der Waals surface area contributed by atoms with Crippen molar-refractivity contribution in [3.8, 4) is 0 Å². The molecule has 0 saturated carbocycles. The van der Waals surface area contributed by atoms with E-state index in [9.17, 15) is 9.18 Å². The maximum Gasteiger partial charge on any atom is 0.274 e. The first-order valence-electron chi connectivity index (χ1n) is 7.48. The van der Waals surface area contributed by atoms with E-state index in [0.717, 1.165) is 5.56 Å². The summed E-state index contributed by atoms with van der Waals surface area (Å²) >= 11 is 6.03. The summed E-state index contributed by atoms with van der Waals surface area (Å²) in [4.78, 5) is 20.4. The van der Waals surface area contributed by atoms with E-state index in [1.165, 1.54) is 24.5 Å². The number of halogens is 2. The Morgan fingerprint density at radius 2 is 1.84 bits per heavy atom. The monoisotopic (exact) mass is 356 g/mol. The van der Waals surface area contributed by atoms with Crippen LogP contribution in [0.25, 0.3) is 0 Å². The van der Waals surface area contributed by atoms with Crippen LogP contribution in [0, 0.1) is 5.82 Å². The normalized spacial score (nSPS) is 10.3. The molecule has 25 heavy (non-hydrogen) atoms. The summed E-state index contributed by atoms with van der Waals surface area (Å²) in [7, 11) is 0. The first kappa shape index (κ1) is 16.9. The number of nitrogens with zero attached hydrogens (tertiary/aromatic N) is 2.